The Morgan fingerprint density at radius 3 is 2.35 bits per heavy atom. The molecule has 0 aliphatic carbocycles. The first-order chi connectivity index (χ1) is 11.7. The molecule has 142 valence electrons. The number of hydrogen-bond donors (Lipinski definition) is 2. The van der Waals surface area contributed by atoms with Gasteiger partial charge in [0.2, 0.25) is 0 Å². The number of carbonyl (C=O) groups is 1. The zero-order chi connectivity index (χ0) is 16.8. The molecule has 1 saturated heterocycles. The molecule has 0 spiro atoms. The van der Waals surface area contributed by atoms with Crippen molar-refractivity contribution in [2.75, 3.05) is 32.0 Å². The largest absolute Gasteiger partial charge is 0.397 e. The van der Waals surface area contributed by atoms with E-state index in [2.05, 4.69) is 27.3 Å². The number of pyridine rings is 1. The number of nitrogen functional groups attached to an aromatic ring is 1. The van der Waals surface area contributed by atoms with E-state index >= 15 is 0 Å². The number of morpholine rings is 1. The van der Waals surface area contributed by atoms with Crippen molar-refractivity contribution >= 4 is 36.4 Å². The van der Waals surface area contributed by atoms with Crippen molar-refractivity contribution in [2.45, 2.75) is 13.1 Å². The molecule has 1 aromatic carbocycles. The van der Waals surface area contributed by atoms with E-state index in [0.717, 1.165) is 38.4 Å². The summed E-state index contributed by atoms with van der Waals surface area (Å²) in [6.45, 7) is 4.99. The van der Waals surface area contributed by atoms with Gasteiger partial charge in [0.1, 0.15) is 5.69 Å². The van der Waals surface area contributed by atoms with Crippen molar-refractivity contribution in [3.63, 3.8) is 0 Å². The lowest BCUT2D eigenvalue weighted by molar-refractivity contribution is 0.0342. The maximum absolute atomic E-state index is 12.0. The third-order valence-electron chi connectivity index (χ3n) is 4.00. The number of anilines is 1. The van der Waals surface area contributed by atoms with Crippen LogP contribution in [0.4, 0.5) is 5.69 Å². The van der Waals surface area contributed by atoms with E-state index in [-0.39, 0.29) is 30.7 Å². The molecule has 1 aliphatic heterocycles. The Kier molecular flexibility index (Phi) is 9.37. The zero-order valence-electron chi connectivity index (χ0n) is 14.4. The minimum absolute atomic E-state index is 0. The highest BCUT2D eigenvalue weighted by atomic mass is 35.5. The Morgan fingerprint density at radius 1 is 1.08 bits per heavy atom. The number of nitrogens with zero attached hydrogens (tertiary/aromatic N) is 2. The Bertz CT molecular complexity index is 675. The molecule has 1 aliphatic rings. The predicted octanol–water partition coefficient (Wildman–Crippen LogP) is 2.27. The van der Waals surface area contributed by atoms with Crippen molar-refractivity contribution in [3.05, 3.63) is 59.4 Å². The van der Waals surface area contributed by atoms with E-state index < -0.39 is 0 Å². The Morgan fingerprint density at radius 2 is 1.73 bits per heavy atom. The maximum Gasteiger partial charge on any atom is 0.270 e. The molecule has 0 radical (unpaired) electrons. The molecular formula is C18H24Cl2N4O2. The van der Waals surface area contributed by atoms with Gasteiger partial charge in [0, 0.05) is 26.2 Å². The summed E-state index contributed by atoms with van der Waals surface area (Å²) in [7, 11) is 0. The molecule has 6 nitrogen and oxygen atoms in total. The number of aromatic nitrogens is 1. The molecule has 0 bridgehead atoms. The van der Waals surface area contributed by atoms with Gasteiger partial charge in [-0.05, 0) is 23.3 Å². The average molecular weight is 399 g/mol. The number of rotatable bonds is 5. The van der Waals surface area contributed by atoms with Gasteiger partial charge >= 0.3 is 0 Å². The molecular weight excluding hydrogens is 375 g/mol. The Balaban J connectivity index is 0.00000169. The summed E-state index contributed by atoms with van der Waals surface area (Å²) in [5.74, 6) is -0.201. The van der Waals surface area contributed by atoms with E-state index in [1.54, 1.807) is 12.1 Å². The van der Waals surface area contributed by atoms with Crippen LogP contribution in [-0.4, -0.2) is 42.1 Å². The van der Waals surface area contributed by atoms with Gasteiger partial charge in [0.05, 0.1) is 25.1 Å². The van der Waals surface area contributed by atoms with Crippen LogP contribution in [0.15, 0.2) is 42.6 Å². The number of halogens is 2. The van der Waals surface area contributed by atoms with Gasteiger partial charge in [0.25, 0.3) is 5.91 Å². The fraction of sp³-hybridized carbons (Fsp3) is 0.333. The maximum atomic E-state index is 12.0. The van der Waals surface area contributed by atoms with E-state index in [0.29, 0.717) is 17.9 Å². The third kappa shape index (κ3) is 6.46. The molecule has 3 N–H and O–H groups in total. The number of nitrogens with one attached hydrogen (secondary N) is 1. The summed E-state index contributed by atoms with van der Waals surface area (Å²) in [6, 6.07) is 11.6. The highest BCUT2D eigenvalue weighted by molar-refractivity contribution is 5.92. The SMILES string of the molecule is Cl.Cl.Nc1ccc(C(=O)NCc2ccc(CN3CCOCC3)cc2)nc1. The van der Waals surface area contributed by atoms with E-state index in [9.17, 15) is 4.79 Å². The second kappa shape index (κ2) is 11.0. The molecule has 8 heteroatoms. The van der Waals surface area contributed by atoms with Crippen LogP contribution < -0.4 is 11.1 Å². The van der Waals surface area contributed by atoms with Gasteiger partial charge in [-0.3, -0.25) is 9.69 Å². The minimum atomic E-state index is -0.201. The molecule has 0 atom stereocenters. The second-order valence-corrected chi connectivity index (χ2v) is 5.86. The summed E-state index contributed by atoms with van der Waals surface area (Å²) in [5, 5.41) is 2.87. The fourth-order valence-electron chi connectivity index (χ4n) is 2.59. The summed E-state index contributed by atoms with van der Waals surface area (Å²) < 4.78 is 5.36. The summed E-state index contributed by atoms with van der Waals surface area (Å²) >= 11 is 0. The lowest BCUT2D eigenvalue weighted by Gasteiger charge is -2.26. The molecule has 2 heterocycles. The molecule has 1 fully saturated rings. The van der Waals surface area contributed by atoms with Gasteiger partial charge in [-0.1, -0.05) is 24.3 Å². The van der Waals surface area contributed by atoms with E-state index in [4.69, 9.17) is 10.5 Å². The molecule has 0 saturated carbocycles. The van der Waals surface area contributed by atoms with E-state index in [1.165, 1.54) is 11.8 Å². The second-order valence-electron chi connectivity index (χ2n) is 5.86. The first-order valence-corrected chi connectivity index (χ1v) is 8.08. The summed E-state index contributed by atoms with van der Waals surface area (Å²) in [4.78, 5) is 18.4. The van der Waals surface area contributed by atoms with Crippen LogP contribution in [0.25, 0.3) is 0 Å². The quantitative estimate of drug-likeness (QED) is 0.807. The van der Waals surface area contributed by atoms with Crippen LogP contribution in [0.5, 0.6) is 0 Å². The monoisotopic (exact) mass is 398 g/mol. The highest BCUT2D eigenvalue weighted by Gasteiger charge is 2.10. The molecule has 0 unspecified atom stereocenters. The number of carbonyl (C=O) groups excluding carboxylic acids is 1. The van der Waals surface area contributed by atoms with Crippen LogP contribution in [0.1, 0.15) is 21.6 Å². The summed E-state index contributed by atoms with van der Waals surface area (Å²) in [5.41, 5.74) is 8.81. The van der Waals surface area contributed by atoms with Gasteiger partial charge in [-0.15, -0.1) is 24.8 Å². The lowest BCUT2D eigenvalue weighted by Crippen LogP contribution is -2.35. The fourth-order valence-corrected chi connectivity index (χ4v) is 2.59. The molecule has 1 aromatic heterocycles. The number of nitrogens with two attached hydrogens (primary N) is 1. The first-order valence-electron chi connectivity index (χ1n) is 8.08. The van der Waals surface area contributed by atoms with Crippen molar-refractivity contribution in [2.24, 2.45) is 0 Å². The number of benzene rings is 1. The third-order valence-corrected chi connectivity index (χ3v) is 4.00. The lowest BCUT2D eigenvalue weighted by atomic mass is 10.1. The highest BCUT2D eigenvalue weighted by Crippen LogP contribution is 2.09. The molecule has 3 rings (SSSR count). The van der Waals surface area contributed by atoms with Gasteiger partial charge in [-0.2, -0.15) is 0 Å². The molecule has 1 amide bonds. The van der Waals surface area contributed by atoms with Crippen molar-refractivity contribution in [1.82, 2.24) is 15.2 Å². The Hall–Kier alpha value is -1.86. The number of ether oxygens (including phenoxy) is 1. The normalized spacial score (nSPS) is 14.0. The molecule has 2 aromatic rings. The van der Waals surface area contributed by atoms with Crippen molar-refractivity contribution in [1.29, 1.82) is 0 Å². The number of amides is 1. The van der Waals surface area contributed by atoms with Gasteiger partial charge in [-0.25, -0.2) is 4.98 Å². The molecule has 26 heavy (non-hydrogen) atoms. The van der Waals surface area contributed by atoms with Gasteiger partial charge in [0.15, 0.2) is 0 Å². The van der Waals surface area contributed by atoms with Crippen molar-refractivity contribution < 1.29 is 9.53 Å². The van der Waals surface area contributed by atoms with Crippen molar-refractivity contribution in [3.8, 4) is 0 Å². The van der Waals surface area contributed by atoms with Crippen LogP contribution >= 0.6 is 24.8 Å². The zero-order valence-corrected chi connectivity index (χ0v) is 16.0. The minimum Gasteiger partial charge on any atom is -0.397 e. The average Bonchev–Trinajstić information content (AvgIpc) is 2.62. The van der Waals surface area contributed by atoms with Crippen LogP contribution in [0.2, 0.25) is 0 Å². The first kappa shape index (κ1) is 22.2. The van der Waals surface area contributed by atoms with Crippen LogP contribution in [0, 0.1) is 0 Å². The van der Waals surface area contributed by atoms with Crippen LogP contribution in [-0.2, 0) is 17.8 Å². The van der Waals surface area contributed by atoms with Gasteiger partial charge < -0.3 is 15.8 Å². The topological polar surface area (TPSA) is 80.5 Å². The predicted molar refractivity (Wildman–Crippen MR) is 107 cm³/mol. The van der Waals surface area contributed by atoms with E-state index in [1.807, 2.05) is 12.1 Å². The van der Waals surface area contributed by atoms with Crippen LogP contribution in [0.3, 0.4) is 0 Å². The Labute approximate surface area is 165 Å². The number of hydrogen-bond acceptors (Lipinski definition) is 5. The summed E-state index contributed by atoms with van der Waals surface area (Å²) in [6.07, 6.45) is 1.48. The standard InChI is InChI=1S/C18H22N4O2.2ClH/c19-16-5-6-17(20-12-16)18(23)21-11-14-1-3-15(4-2-14)13-22-7-9-24-10-8-22;;/h1-6,12H,7-11,13,19H2,(H,21,23);2*1H. The smallest absolute Gasteiger partial charge is 0.270 e.